The van der Waals surface area contributed by atoms with Gasteiger partial charge in [-0.2, -0.15) is 5.10 Å². The minimum absolute atomic E-state index is 0.0185. The van der Waals surface area contributed by atoms with Crippen LogP contribution in [0.2, 0.25) is 0 Å². The first-order valence-corrected chi connectivity index (χ1v) is 7.24. The molecule has 1 N–H and O–H groups in total. The van der Waals surface area contributed by atoms with Gasteiger partial charge in [0.15, 0.2) is 11.5 Å². The number of amides is 1. The topological polar surface area (TPSA) is 73.1 Å². The van der Waals surface area contributed by atoms with E-state index in [0.717, 1.165) is 5.76 Å². The van der Waals surface area contributed by atoms with Gasteiger partial charge in [0.25, 0.3) is 5.91 Å². The number of hydrogen-bond acceptors (Lipinski definition) is 5. The van der Waals surface area contributed by atoms with Crippen LogP contribution in [0, 0.1) is 6.92 Å². The minimum Gasteiger partial charge on any atom is -0.493 e. The van der Waals surface area contributed by atoms with Gasteiger partial charge in [0.2, 0.25) is 0 Å². The van der Waals surface area contributed by atoms with Crippen LogP contribution in [-0.4, -0.2) is 25.3 Å². The van der Waals surface area contributed by atoms with E-state index in [2.05, 4.69) is 10.5 Å². The fourth-order valence-corrected chi connectivity index (χ4v) is 1.90. The number of carbonyl (C=O) groups excluding carboxylic acids is 1. The van der Waals surface area contributed by atoms with Crippen molar-refractivity contribution in [2.75, 3.05) is 7.11 Å². The molecule has 1 heterocycles. The van der Waals surface area contributed by atoms with Gasteiger partial charge in [-0.3, -0.25) is 4.79 Å². The van der Waals surface area contributed by atoms with Crippen molar-refractivity contribution in [2.45, 2.75) is 26.9 Å². The summed E-state index contributed by atoms with van der Waals surface area (Å²) in [7, 11) is 1.53. The number of nitrogens with one attached hydrogen (secondary N) is 1. The Kier molecular flexibility index (Phi) is 5.41. The fourth-order valence-electron chi connectivity index (χ4n) is 1.90. The van der Waals surface area contributed by atoms with E-state index >= 15 is 0 Å². The molecular formula is C17H20N2O4. The highest BCUT2D eigenvalue weighted by Crippen LogP contribution is 2.28. The zero-order valence-corrected chi connectivity index (χ0v) is 13.6. The number of nitrogens with zero attached hydrogens (tertiary/aromatic N) is 1. The molecule has 2 aromatic rings. The third-order valence-electron chi connectivity index (χ3n) is 2.91. The van der Waals surface area contributed by atoms with Gasteiger partial charge in [0.05, 0.1) is 19.4 Å². The number of hydrogen-bond donors (Lipinski definition) is 1. The van der Waals surface area contributed by atoms with Crippen molar-refractivity contribution < 1.29 is 18.7 Å². The molecule has 0 fully saturated rings. The van der Waals surface area contributed by atoms with Gasteiger partial charge in [0, 0.05) is 5.56 Å². The van der Waals surface area contributed by atoms with Crippen molar-refractivity contribution in [3.8, 4) is 11.5 Å². The number of aryl methyl sites for hydroxylation is 1. The Balaban J connectivity index is 2.05. The molecule has 0 aliphatic heterocycles. The largest absolute Gasteiger partial charge is 0.493 e. The second-order valence-electron chi connectivity index (χ2n) is 5.18. The standard InChI is InChI=1S/C17H20N2O4/c1-11(2)22-15-8-6-13(9-16(15)21-4)17(20)19-18-10-14-7-5-12(3)23-14/h5-11H,1-4H3,(H,19,20). The molecular weight excluding hydrogens is 296 g/mol. The molecule has 0 aliphatic rings. The van der Waals surface area contributed by atoms with Crippen LogP contribution in [-0.2, 0) is 0 Å². The Hall–Kier alpha value is -2.76. The van der Waals surface area contributed by atoms with Crippen LogP contribution >= 0.6 is 0 Å². The van der Waals surface area contributed by atoms with Gasteiger partial charge in [-0.1, -0.05) is 0 Å². The first kappa shape index (κ1) is 16.6. The number of benzene rings is 1. The lowest BCUT2D eigenvalue weighted by Crippen LogP contribution is -2.17. The molecule has 0 unspecified atom stereocenters. The number of hydrazone groups is 1. The van der Waals surface area contributed by atoms with Gasteiger partial charge >= 0.3 is 0 Å². The van der Waals surface area contributed by atoms with Crippen molar-refractivity contribution >= 4 is 12.1 Å². The summed E-state index contributed by atoms with van der Waals surface area (Å²) in [5.41, 5.74) is 2.86. The summed E-state index contributed by atoms with van der Waals surface area (Å²) >= 11 is 0. The fraction of sp³-hybridized carbons (Fsp3) is 0.294. The second-order valence-corrected chi connectivity index (χ2v) is 5.18. The first-order chi connectivity index (χ1) is 11.0. The molecule has 0 spiro atoms. The van der Waals surface area contributed by atoms with Crippen LogP contribution in [0.25, 0.3) is 0 Å². The maximum absolute atomic E-state index is 12.1. The molecule has 0 atom stereocenters. The zero-order valence-electron chi connectivity index (χ0n) is 13.6. The van der Waals surface area contributed by atoms with E-state index in [0.29, 0.717) is 22.8 Å². The monoisotopic (exact) mass is 316 g/mol. The van der Waals surface area contributed by atoms with Crippen LogP contribution in [0.4, 0.5) is 0 Å². The molecule has 0 radical (unpaired) electrons. The summed E-state index contributed by atoms with van der Waals surface area (Å²) in [5, 5.41) is 3.87. The Morgan fingerprint density at radius 3 is 2.65 bits per heavy atom. The normalized spacial score (nSPS) is 11.0. The molecule has 0 saturated carbocycles. The number of ether oxygens (including phenoxy) is 2. The van der Waals surface area contributed by atoms with Crippen LogP contribution in [0.15, 0.2) is 39.9 Å². The Labute approximate surface area is 135 Å². The summed E-state index contributed by atoms with van der Waals surface area (Å²) in [6, 6.07) is 8.56. The molecule has 2 rings (SSSR count). The maximum atomic E-state index is 12.1. The van der Waals surface area contributed by atoms with Crippen LogP contribution in [0.3, 0.4) is 0 Å². The first-order valence-electron chi connectivity index (χ1n) is 7.24. The van der Waals surface area contributed by atoms with Crippen LogP contribution in [0.5, 0.6) is 11.5 Å². The molecule has 0 bridgehead atoms. The highest BCUT2D eigenvalue weighted by molar-refractivity contribution is 5.95. The number of methoxy groups -OCH3 is 1. The SMILES string of the molecule is COc1cc(C(=O)NN=Cc2ccc(C)o2)ccc1OC(C)C. The molecule has 0 saturated heterocycles. The average Bonchev–Trinajstić information content (AvgIpc) is 2.92. The molecule has 23 heavy (non-hydrogen) atoms. The summed E-state index contributed by atoms with van der Waals surface area (Å²) < 4.78 is 16.2. The average molecular weight is 316 g/mol. The maximum Gasteiger partial charge on any atom is 0.271 e. The molecule has 122 valence electrons. The third kappa shape index (κ3) is 4.60. The lowest BCUT2D eigenvalue weighted by Gasteiger charge is -2.14. The second kappa shape index (κ2) is 7.49. The lowest BCUT2D eigenvalue weighted by molar-refractivity contribution is 0.0954. The molecule has 1 aromatic heterocycles. The van der Waals surface area contributed by atoms with E-state index in [9.17, 15) is 4.79 Å². The quantitative estimate of drug-likeness (QED) is 0.656. The number of carbonyl (C=O) groups is 1. The van der Waals surface area contributed by atoms with Gasteiger partial charge < -0.3 is 13.9 Å². The van der Waals surface area contributed by atoms with Crippen molar-refractivity contribution in [1.82, 2.24) is 5.43 Å². The van der Waals surface area contributed by atoms with Gasteiger partial charge in [-0.25, -0.2) is 5.43 Å². The third-order valence-corrected chi connectivity index (χ3v) is 2.91. The molecule has 1 aromatic carbocycles. The summed E-state index contributed by atoms with van der Waals surface area (Å²) in [5.74, 6) is 2.09. The van der Waals surface area contributed by atoms with E-state index in [-0.39, 0.29) is 12.0 Å². The van der Waals surface area contributed by atoms with Crippen molar-refractivity contribution in [1.29, 1.82) is 0 Å². The highest BCUT2D eigenvalue weighted by Gasteiger charge is 2.11. The van der Waals surface area contributed by atoms with Crippen LogP contribution in [0.1, 0.15) is 35.7 Å². The predicted octanol–water partition coefficient (Wildman–Crippen LogP) is 3.15. The van der Waals surface area contributed by atoms with Crippen molar-refractivity contribution in [3.63, 3.8) is 0 Å². The van der Waals surface area contributed by atoms with Gasteiger partial charge in [0.1, 0.15) is 11.5 Å². The smallest absolute Gasteiger partial charge is 0.271 e. The minimum atomic E-state index is -0.348. The van der Waals surface area contributed by atoms with Crippen molar-refractivity contribution in [3.05, 3.63) is 47.4 Å². The molecule has 6 nitrogen and oxygen atoms in total. The van der Waals surface area contributed by atoms with Gasteiger partial charge in [-0.05, 0) is 51.1 Å². The summed E-state index contributed by atoms with van der Waals surface area (Å²) in [6.45, 7) is 5.68. The van der Waals surface area contributed by atoms with E-state index in [1.54, 1.807) is 24.3 Å². The summed E-state index contributed by atoms with van der Waals surface area (Å²) in [6.07, 6.45) is 1.46. The molecule has 0 aliphatic carbocycles. The van der Waals surface area contributed by atoms with E-state index < -0.39 is 0 Å². The Morgan fingerprint density at radius 1 is 1.26 bits per heavy atom. The number of furan rings is 1. The van der Waals surface area contributed by atoms with E-state index in [1.165, 1.54) is 13.3 Å². The Morgan fingerprint density at radius 2 is 2.04 bits per heavy atom. The van der Waals surface area contributed by atoms with E-state index in [4.69, 9.17) is 13.9 Å². The van der Waals surface area contributed by atoms with Crippen LogP contribution < -0.4 is 14.9 Å². The van der Waals surface area contributed by atoms with Gasteiger partial charge in [-0.15, -0.1) is 0 Å². The summed E-state index contributed by atoms with van der Waals surface area (Å²) in [4.78, 5) is 12.1. The predicted molar refractivity (Wildman–Crippen MR) is 87.3 cm³/mol. The Bertz CT molecular complexity index is 704. The highest BCUT2D eigenvalue weighted by atomic mass is 16.5. The van der Waals surface area contributed by atoms with Crippen molar-refractivity contribution in [2.24, 2.45) is 5.10 Å². The van der Waals surface area contributed by atoms with E-state index in [1.807, 2.05) is 26.8 Å². The zero-order chi connectivity index (χ0) is 16.8. The molecule has 1 amide bonds. The number of rotatable bonds is 6. The lowest BCUT2D eigenvalue weighted by atomic mass is 10.2. The molecule has 6 heteroatoms.